The molecule has 0 saturated heterocycles. The number of carbonyl (C=O) groups is 2. The molecule has 2 rings (SSSR count). The summed E-state index contributed by atoms with van der Waals surface area (Å²) in [5, 5.41) is 10.0. The number of halogens is 1. The molecule has 0 aliphatic carbocycles. The van der Waals surface area contributed by atoms with Gasteiger partial charge in [0.25, 0.3) is 5.91 Å². The first-order valence-electron chi connectivity index (χ1n) is 7.13. The molecule has 6 heteroatoms. The highest BCUT2D eigenvalue weighted by Crippen LogP contribution is 2.38. The topological polar surface area (TPSA) is 62.0 Å². The zero-order valence-corrected chi connectivity index (χ0v) is 12.9. The van der Waals surface area contributed by atoms with Crippen LogP contribution in [0.15, 0.2) is 35.6 Å². The van der Waals surface area contributed by atoms with Crippen molar-refractivity contribution in [1.29, 1.82) is 0 Å². The molecule has 22 heavy (non-hydrogen) atoms. The minimum absolute atomic E-state index is 0.0381. The molecule has 1 aliphatic heterocycles. The van der Waals surface area contributed by atoms with Gasteiger partial charge >= 0.3 is 0 Å². The van der Waals surface area contributed by atoms with E-state index >= 15 is 0 Å². The van der Waals surface area contributed by atoms with Crippen LogP contribution in [0.4, 0.5) is 4.39 Å². The van der Waals surface area contributed by atoms with Gasteiger partial charge in [0.15, 0.2) is 11.5 Å². The largest absolute Gasteiger partial charge is 0.503 e. The third kappa shape index (κ3) is 2.87. The maximum absolute atomic E-state index is 14.1. The Labute approximate surface area is 128 Å². The van der Waals surface area contributed by atoms with Crippen molar-refractivity contribution in [2.45, 2.75) is 13.0 Å². The quantitative estimate of drug-likeness (QED) is 0.820. The molecule has 0 radical (unpaired) electrons. The molecule has 1 aromatic carbocycles. The molecule has 1 heterocycles. The van der Waals surface area contributed by atoms with Gasteiger partial charge in [-0.3, -0.25) is 9.59 Å². The minimum atomic E-state index is -0.870. The second-order valence-corrected chi connectivity index (χ2v) is 5.70. The van der Waals surface area contributed by atoms with Crippen molar-refractivity contribution in [3.05, 3.63) is 47.0 Å². The summed E-state index contributed by atoms with van der Waals surface area (Å²) in [5.41, 5.74) is 0.183. The number of nitrogens with zero attached hydrogens (tertiary/aromatic N) is 1. The number of aliphatic hydroxyl groups is 1. The van der Waals surface area contributed by atoms with Crippen molar-refractivity contribution >= 4 is 11.7 Å². The third-order valence-corrected chi connectivity index (χ3v) is 3.74. The van der Waals surface area contributed by atoms with Crippen LogP contribution in [0.5, 0.6) is 0 Å². The predicted octanol–water partition coefficient (Wildman–Crippen LogP) is 0.255. The summed E-state index contributed by atoms with van der Waals surface area (Å²) in [4.78, 5) is 26.6. The Morgan fingerprint density at radius 3 is 2.55 bits per heavy atom. The number of quaternary nitrogens is 1. The lowest BCUT2D eigenvalue weighted by Gasteiger charge is -2.27. The number of benzene rings is 1. The predicted molar refractivity (Wildman–Crippen MR) is 78.9 cm³/mol. The van der Waals surface area contributed by atoms with Crippen LogP contribution in [0.25, 0.3) is 0 Å². The van der Waals surface area contributed by atoms with Crippen molar-refractivity contribution in [3.8, 4) is 0 Å². The van der Waals surface area contributed by atoms with Crippen LogP contribution < -0.4 is 4.90 Å². The van der Waals surface area contributed by atoms with Crippen LogP contribution in [0.2, 0.25) is 0 Å². The fraction of sp³-hybridized carbons (Fsp3) is 0.375. The van der Waals surface area contributed by atoms with Gasteiger partial charge in [-0.05, 0) is 13.0 Å². The van der Waals surface area contributed by atoms with E-state index in [1.165, 1.54) is 24.0 Å². The summed E-state index contributed by atoms with van der Waals surface area (Å²) in [7, 11) is 3.86. The standard InChI is InChI=1S/C16H19FN2O3/c1-10(20)13-14(11-6-4-5-7-12(11)17)19(9-8-18(2)3)16(22)15(13)21/h4-7,14,21H,8-9H2,1-3H3/p+1/t14-/m0/s1. The molecule has 1 aromatic rings. The second-order valence-electron chi connectivity index (χ2n) is 5.70. The summed E-state index contributed by atoms with van der Waals surface area (Å²) in [6.45, 7) is 2.21. The van der Waals surface area contributed by atoms with Crippen LogP contribution in [0.1, 0.15) is 18.5 Å². The molecule has 1 amide bonds. The summed E-state index contributed by atoms with van der Waals surface area (Å²) < 4.78 is 14.1. The number of nitrogens with one attached hydrogen (secondary N) is 1. The van der Waals surface area contributed by atoms with Gasteiger partial charge in [0, 0.05) is 5.56 Å². The van der Waals surface area contributed by atoms with Gasteiger partial charge in [0.2, 0.25) is 0 Å². The van der Waals surface area contributed by atoms with E-state index in [9.17, 15) is 19.1 Å². The van der Waals surface area contributed by atoms with Gasteiger partial charge in [-0.15, -0.1) is 0 Å². The molecule has 118 valence electrons. The lowest BCUT2D eigenvalue weighted by Crippen LogP contribution is -3.06. The number of carbonyl (C=O) groups excluding carboxylic acids is 2. The fourth-order valence-corrected chi connectivity index (χ4v) is 2.61. The van der Waals surface area contributed by atoms with Crippen LogP contribution in [0, 0.1) is 5.82 Å². The summed E-state index contributed by atoms with van der Waals surface area (Å²) >= 11 is 0. The number of aliphatic hydroxyl groups excluding tert-OH is 1. The van der Waals surface area contributed by atoms with Crippen molar-refractivity contribution in [3.63, 3.8) is 0 Å². The van der Waals surface area contributed by atoms with E-state index in [4.69, 9.17) is 0 Å². The fourth-order valence-electron chi connectivity index (χ4n) is 2.61. The first kappa shape index (κ1) is 16.2. The van der Waals surface area contributed by atoms with Gasteiger partial charge in [0.1, 0.15) is 5.82 Å². The Morgan fingerprint density at radius 1 is 1.36 bits per heavy atom. The lowest BCUT2D eigenvalue weighted by molar-refractivity contribution is -0.857. The molecule has 0 fully saturated rings. The number of rotatable bonds is 5. The lowest BCUT2D eigenvalue weighted by atomic mass is 9.96. The zero-order valence-electron chi connectivity index (χ0n) is 12.9. The Hall–Kier alpha value is -2.21. The normalized spacial score (nSPS) is 18.5. The molecule has 1 atom stereocenters. The molecule has 0 unspecified atom stereocenters. The first-order valence-corrected chi connectivity index (χ1v) is 7.13. The Balaban J connectivity index is 2.48. The van der Waals surface area contributed by atoms with Crippen molar-refractivity contribution in [1.82, 2.24) is 4.90 Å². The number of ketones is 1. The van der Waals surface area contributed by atoms with Crippen molar-refractivity contribution in [2.24, 2.45) is 0 Å². The Kier molecular flexibility index (Phi) is 4.61. The van der Waals surface area contributed by atoms with Gasteiger partial charge in [0.05, 0.1) is 38.8 Å². The smallest absolute Gasteiger partial charge is 0.290 e. The Bertz CT molecular complexity index is 640. The highest BCUT2D eigenvalue weighted by Gasteiger charge is 2.43. The van der Waals surface area contributed by atoms with Gasteiger partial charge in [-0.1, -0.05) is 18.2 Å². The van der Waals surface area contributed by atoms with Gasteiger partial charge in [-0.2, -0.15) is 0 Å². The number of hydrogen-bond acceptors (Lipinski definition) is 3. The van der Waals surface area contributed by atoms with E-state index in [0.29, 0.717) is 13.1 Å². The average molecular weight is 307 g/mol. The summed E-state index contributed by atoms with van der Waals surface area (Å²) in [6, 6.07) is 5.13. The van der Waals surface area contributed by atoms with E-state index < -0.39 is 29.3 Å². The molecule has 0 spiro atoms. The highest BCUT2D eigenvalue weighted by atomic mass is 19.1. The number of hydrogen-bond donors (Lipinski definition) is 2. The summed E-state index contributed by atoms with van der Waals surface area (Å²) in [6.07, 6.45) is 0. The highest BCUT2D eigenvalue weighted by molar-refractivity contribution is 6.08. The van der Waals surface area contributed by atoms with E-state index in [0.717, 1.165) is 4.90 Å². The van der Waals surface area contributed by atoms with E-state index in [2.05, 4.69) is 0 Å². The number of Topliss-reactive ketones (excluding diaryl/α,β-unsaturated/α-hetero) is 1. The van der Waals surface area contributed by atoms with E-state index in [1.54, 1.807) is 12.1 Å². The van der Waals surface area contributed by atoms with Crippen LogP contribution in [0.3, 0.4) is 0 Å². The van der Waals surface area contributed by atoms with E-state index in [-0.39, 0.29) is 11.1 Å². The molecule has 1 aliphatic rings. The molecule has 0 aromatic heterocycles. The Morgan fingerprint density at radius 2 is 2.00 bits per heavy atom. The van der Waals surface area contributed by atoms with Crippen LogP contribution >= 0.6 is 0 Å². The number of likely N-dealkylation sites (N-methyl/N-ethyl adjacent to an activating group) is 1. The van der Waals surface area contributed by atoms with Gasteiger partial charge in [-0.25, -0.2) is 4.39 Å². The van der Waals surface area contributed by atoms with E-state index in [1.807, 2.05) is 14.1 Å². The zero-order chi connectivity index (χ0) is 16.4. The molecular weight excluding hydrogens is 287 g/mol. The molecule has 0 saturated carbocycles. The monoisotopic (exact) mass is 307 g/mol. The molecule has 5 nitrogen and oxygen atoms in total. The molecular formula is C16H20FN2O3+. The first-order chi connectivity index (χ1) is 10.3. The average Bonchev–Trinajstić information content (AvgIpc) is 2.69. The number of amides is 1. The second kappa shape index (κ2) is 6.27. The molecule has 2 N–H and O–H groups in total. The summed E-state index contributed by atoms with van der Waals surface area (Å²) in [5.74, 6) is -2.14. The maximum atomic E-state index is 14.1. The minimum Gasteiger partial charge on any atom is -0.503 e. The SMILES string of the molecule is CC(=O)C1=C(O)C(=O)N(CC[NH+](C)C)[C@H]1c1ccccc1F. The maximum Gasteiger partial charge on any atom is 0.290 e. The van der Waals surface area contributed by atoms with Crippen LogP contribution in [-0.4, -0.2) is 48.9 Å². The molecule has 0 bridgehead atoms. The van der Waals surface area contributed by atoms with Crippen molar-refractivity contribution < 1.29 is 24.0 Å². The third-order valence-electron chi connectivity index (χ3n) is 3.74. The van der Waals surface area contributed by atoms with Crippen LogP contribution in [-0.2, 0) is 9.59 Å². The van der Waals surface area contributed by atoms with Gasteiger partial charge < -0.3 is 14.9 Å². The van der Waals surface area contributed by atoms with Crippen molar-refractivity contribution in [2.75, 3.05) is 27.2 Å².